The highest BCUT2D eigenvalue weighted by atomic mass is 32.2. The van der Waals surface area contributed by atoms with E-state index in [1.807, 2.05) is 0 Å². The van der Waals surface area contributed by atoms with Crippen molar-refractivity contribution in [2.45, 2.75) is 39.0 Å². The molecule has 0 saturated heterocycles. The molecule has 1 aromatic rings. The van der Waals surface area contributed by atoms with Gasteiger partial charge in [-0.05, 0) is 44.2 Å². The molecule has 1 amide bonds. The fourth-order valence-electron chi connectivity index (χ4n) is 4.60. The number of benzene rings is 1. The molecule has 22 nitrogen and oxygen atoms in total. The first kappa shape index (κ1) is 56.5. The molecule has 0 aromatic heterocycles. The molecule has 0 aliphatic heterocycles. The quantitative estimate of drug-likeness (QED) is 0.0530. The Hall–Kier alpha value is -2.50. The molecule has 0 aliphatic rings. The lowest BCUT2D eigenvalue weighted by molar-refractivity contribution is -0.0179. The standard InChI is InChI=1S/C36H65NO21S3/c1-2-8-48-15-19-52-21-23-54-25-26-55-24-22-53-20-17-50-10-3-9-49-16-18-51-14-7-37-36(38)32-30-33(56-11-4-27-59(39,40)41)35(58-13-6-29-61(45,46)47)34(31-32)57-12-5-28-60(42,43)44/h30-31H,2-29H2,1H3,(H,37,38)(H,39,40,41)(H,42,43,44)(H,45,46,47). The summed E-state index contributed by atoms with van der Waals surface area (Å²) >= 11 is 0. The van der Waals surface area contributed by atoms with E-state index in [2.05, 4.69) is 12.2 Å². The van der Waals surface area contributed by atoms with Gasteiger partial charge in [0.25, 0.3) is 36.3 Å². The molecular formula is C36H65NO21S3. The molecule has 0 unspecified atom stereocenters. The van der Waals surface area contributed by atoms with Crippen LogP contribution in [0.1, 0.15) is 49.4 Å². The van der Waals surface area contributed by atoms with Crippen LogP contribution in [-0.2, 0) is 68.2 Å². The summed E-state index contributed by atoms with van der Waals surface area (Å²) in [5, 5.41) is 2.66. The monoisotopic (exact) mass is 943 g/mol. The van der Waals surface area contributed by atoms with Crippen LogP contribution < -0.4 is 19.5 Å². The maximum atomic E-state index is 13.1. The van der Waals surface area contributed by atoms with Crippen molar-refractivity contribution < 1.29 is 95.8 Å². The van der Waals surface area contributed by atoms with Crippen molar-refractivity contribution >= 4 is 36.3 Å². The number of amides is 1. The van der Waals surface area contributed by atoms with Gasteiger partial charge in [-0.15, -0.1) is 0 Å². The van der Waals surface area contributed by atoms with Gasteiger partial charge in [-0.2, -0.15) is 25.3 Å². The fourth-order valence-corrected chi connectivity index (χ4v) is 6.04. The van der Waals surface area contributed by atoms with E-state index >= 15 is 0 Å². The van der Waals surface area contributed by atoms with E-state index in [0.717, 1.165) is 13.0 Å². The average molecular weight is 944 g/mol. The predicted octanol–water partition coefficient (Wildman–Crippen LogP) is 1.32. The molecule has 0 spiro atoms. The van der Waals surface area contributed by atoms with E-state index in [0.29, 0.717) is 92.3 Å². The van der Waals surface area contributed by atoms with Crippen LogP contribution in [0, 0.1) is 0 Å². The molecule has 0 saturated carbocycles. The number of carbonyl (C=O) groups excluding carboxylic acids is 1. The Morgan fingerprint density at radius 1 is 0.459 bits per heavy atom. The van der Waals surface area contributed by atoms with Crippen LogP contribution in [0.15, 0.2) is 12.1 Å². The van der Waals surface area contributed by atoms with Crippen LogP contribution in [0.5, 0.6) is 17.2 Å². The van der Waals surface area contributed by atoms with Gasteiger partial charge >= 0.3 is 0 Å². The van der Waals surface area contributed by atoms with Gasteiger partial charge in [0.1, 0.15) is 0 Å². The van der Waals surface area contributed by atoms with Crippen molar-refractivity contribution in [3.63, 3.8) is 0 Å². The molecule has 0 bridgehead atoms. The van der Waals surface area contributed by atoms with Gasteiger partial charge < -0.3 is 57.4 Å². The van der Waals surface area contributed by atoms with Crippen molar-refractivity contribution in [1.82, 2.24) is 5.32 Å². The smallest absolute Gasteiger partial charge is 0.264 e. The summed E-state index contributed by atoms with van der Waals surface area (Å²) in [5.74, 6) is -2.86. The molecule has 1 rings (SSSR count). The van der Waals surface area contributed by atoms with E-state index in [9.17, 15) is 30.0 Å². The maximum absolute atomic E-state index is 13.1. The number of rotatable bonds is 43. The van der Waals surface area contributed by atoms with Gasteiger partial charge in [0, 0.05) is 31.9 Å². The first-order chi connectivity index (χ1) is 29.1. The lowest BCUT2D eigenvalue weighted by Crippen LogP contribution is -2.28. The molecule has 358 valence electrons. The van der Waals surface area contributed by atoms with Gasteiger partial charge in [0.05, 0.1) is 123 Å². The molecule has 0 radical (unpaired) electrons. The third-order valence-corrected chi connectivity index (χ3v) is 9.79. The number of nitrogens with one attached hydrogen (secondary N) is 1. The Balaban J connectivity index is 2.36. The van der Waals surface area contributed by atoms with Crippen molar-refractivity contribution in [3.8, 4) is 17.2 Å². The van der Waals surface area contributed by atoms with Gasteiger partial charge in [-0.25, -0.2) is 0 Å². The van der Waals surface area contributed by atoms with E-state index in [1.54, 1.807) is 0 Å². The molecular weight excluding hydrogens is 879 g/mol. The van der Waals surface area contributed by atoms with Crippen molar-refractivity contribution in [1.29, 1.82) is 0 Å². The third kappa shape index (κ3) is 35.6. The first-order valence-electron chi connectivity index (χ1n) is 19.9. The Morgan fingerprint density at radius 2 is 0.787 bits per heavy atom. The van der Waals surface area contributed by atoms with Crippen molar-refractivity contribution in [3.05, 3.63) is 17.7 Å². The van der Waals surface area contributed by atoms with Crippen LogP contribution >= 0.6 is 0 Å². The molecule has 0 fully saturated rings. The van der Waals surface area contributed by atoms with Crippen LogP contribution in [0.4, 0.5) is 0 Å². The number of ether oxygens (including phenoxy) is 11. The summed E-state index contributed by atoms with van der Waals surface area (Å²) in [5.41, 5.74) is -0.00915. The topological polar surface area (TPSA) is 294 Å². The van der Waals surface area contributed by atoms with Crippen molar-refractivity contribution in [2.24, 2.45) is 0 Å². The summed E-state index contributed by atoms with van der Waals surface area (Å²) in [6.07, 6.45) is 1.19. The van der Waals surface area contributed by atoms with Gasteiger partial charge in [0.2, 0.25) is 5.75 Å². The SMILES string of the molecule is CCCOCCOCCOCCOCCOCCOCCCOCCOCCNC(=O)c1cc(OCCCS(=O)(=O)O)c(OCCCS(=O)(=O)O)c(OCCCS(=O)(=O)O)c1. The minimum absolute atomic E-state index is 0.00915. The zero-order valence-electron chi connectivity index (χ0n) is 34.9. The van der Waals surface area contributed by atoms with E-state index in [4.69, 9.17) is 65.8 Å². The number of carbonyl (C=O) groups is 1. The second-order valence-electron chi connectivity index (χ2n) is 12.8. The largest absolute Gasteiger partial charge is 0.489 e. The third-order valence-electron chi connectivity index (χ3n) is 7.37. The minimum atomic E-state index is -4.30. The van der Waals surface area contributed by atoms with Crippen LogP contribution in [0.2, 0.25) is 0 Å². The zero-order valence-corrected chi connectivity index (χ0v) is 37.3. The summed E-state index contributed by atoms with van der Waals surface area (Å²) in [4.78, 5) is 13.1. The minimum Gasteiger partial charge on any atom is -0.489 e. The Morgan fingerprint density at radius 3 is 1.15 bits per heavy atom. The Labute approximate surface area is 359 Å². The summed E-state index contributed by atoms with van der Waals surface area (Å²) in [7, 11) is -12.9. The average Bonchev–Trinajstić information content (AvgIpc) is 3.18. The van der Waals surface area contributed by atoms with Crippen LogP contribution in [-0.4, -0.2) is 194 Å². The molecule has 1 aromatic carbocycles. The first-order valence-corrected chi connectivity index (χ1v) is 24.8. The number of hydrogen-bond donors (Lipinski definition) is 4. The molecule has 0 atom stereocenters. The normalized spacial score (nSPS) is 12.1. The highest BCUT2D eigenvalue weighted by molar-refractivity contribution is 7.86. The second-order valence-corrected chi connectivity index (χ2v) is 17.5. The Kier molecular flexibility index (Phi) is 32.4. The van der Waals surface area contributed by atoms with Gasteiger partial charge in [-0.3, -0.25) is 18.5 Å². The highest BCUT2D eigenvalue weighted by Gasteiger charge is 2.20. The summed E-state index contributed by atoms with van der Waals surface area (Å²) in [6, 6.07) is 2.52. The molecule has 0 aliphatic carbocycles. The van der Waals surface area contributed by atoms with Gasteiger partial charge in [-0.1, -0.05) is 6.92 Å². The van der Waals surface area contributed by atoms with Crippen LogP contribution in [0.25, 0.3) is 0 Å². The predicted molar refractivity (Wildman–Crippen MR) is 220 cm³/mol. The van der Waals surface area contributed by atoms with Crippen LogP contribution in [0.3, 0.4) is 0 Å². The van der Waals surface area contributed by atoms with Crippen molar-refractivity contribution in [2.75, 3.05) is 149 Å². The highest BCUT2D eigenvalue weighted by Crippen LogP contribution is 2.39. The second kappa shape index (κ2) is 34.9. The molecule has 61 heavy (non-hydrogen) atoms. The van der Waals surface area contributed by atoms with Gasteiger partial charge in [0.15, 0.2) is 11.5 Å². The molecule has 0 heterocycles. The maximum Gasteiger partial charge on any atom is 0.264 e. The molecule has 25 heteroatoms. The lowest BCUT2D eigenvalue weighted by Gasteiger charge is -2.19. The van der Waals surface area contributed by atoms with E-state index in [-0.39, 0.29) is 81.7 Å². The summed E-state index contributed by atoms with van der Waals surface area (Å²) < 4.78 is 155. The zero-order chi connectivity index (χ0) is 45.1. The fraction of sp³-hybridized carbons (Fsp3) is 0.806. The molecule has 4 N–H and O–H groups in total. The summed E-state index contributed by atoms with van der Waals surface area (Å²) in [6.45, 7) is 8.64. The number of hydrogen-bond acceptors (Lipinski definition) is 18. The van der Waals surface area contributed by atoms with E-state index < -0.39 is 53.5 Å². The van der Waals surface area contributed by atoms with E-state index in [1.165, 1.54) is 12.1 Å². The Bertz CT molecular complexity index is 1550. The lowest BCUT2D eigenvalue weighted by atomic mass is 10.1.